The van der Waals surface area contributed by atoms with Gasteiger partial charge in [0.15, 0.2) is 0 Å². The first-order valence-electron chi connectivity index (χ1n) is 4.95. The normalized spacial score (nSPS) is 10.9. The van der Waals surface area contributed by atoms with Crippen molar-refractivity contribution in [1.82, 2.24) is 5.32 Å². The molecular formula is C12H14ClNO2. The number of carboxylic acids is 1. The van der Waals surface area contributed by atoms with E-state index in [-0.39, 0.29) is 6.42 Å². The van der Waals surface area contributed by atoms with Crippen molar-refractivity contribution in [2.24, 2.45) is 0 Å². The molecule has 16 heavy (non-hydrogen) atoms. The van der Waals surface area contributed by atoms with Crippen LogP contribution in [0.4, 0.5) is 0 Å². The molecule has 0 aliphatic rings. The highest BCUT2D eigenvalue weighted by Gasteiger charge is 2.05. The first-order chi connectivity index (χ1) is 7.63. The number of halogens is 1. The summed E-state index contributed by atoms with van der Waals surface area (Å²) in [7, 11) is 1.85. The van der Waals surface area contributed by atoms with Gasteiger partial charge in [-0.2, -0.15) is 0 Å². The monoisotopic (exact) mass is 239 g/mol. The van der Waals surface area contributed by atoms with Gasteiger partial charge in [-0.25, -0.2) is 0 Å². The average molecular weight is 240 g/mol. The molecule has 0 bridgehead atoms. The summed E-state index contributed by atoms with van der Waals surface area (Å²) < 4.78 is 0. The SMILES string of the molecule is CNCC=Cc1ccc(Cl)cc1CC(=O)O. The molecule has 0 spiro atoms. The second kappa shape index (κ2) is 6.30. The number of rotatable bonds is 5. The van der Waals surface area contributed by atoms with Crippen LogP contribution in [0.15, 0.2) is 24.3 Å². The summed E-state index contributed by atoms with van der Waals surface area (Å²) in [5, 5.41) is 12.3. The molecule has 1 aromatic carbocycles. The van der Waals surface area contributed by atoms with Gasteiger partial charge >= 0.3 is 5.97 Å². The number of carboxylic acid groups (broad SMARTS) is 1. The van der Waals surface area contributed by atoms with Crippen LogP contribution in [0.2, 0.25) is 5.02 Å². The topological polar surface area (TPSA) is 49.3 Å². The Labute approximate surface area is 99.7 Å². The molecule has 4 heteroatoms. The minimum absolute atomic E-state index is 0.0141. The van der Waals surface area contributed by atoms with E-state index in [0.29, 0.717) is 5.02 Å². The predicted octanol–water partition coefficient (Wildman–Crippen LogP) is 2.20. The molecule has 0 aliphatic heterocycles. The zero-order valence-corrected chi connectivity index (χ0v) is 9.79. The molecule has 0 saturated heterocycles. The van der Waals surface area contributed by atoms with Crippen molar-refractivity contribution < 1.29 is 9.90 Å². The summed E-state index contributed by atoms with van der Waals surface area (Å²) in [5.41, 5.74) is 1.62. The molecule has 0 amide bonds. The molecule has 0 aliphatic carbocycles. The third-order valence-electron chi connectivity index (χ3n) is 2.07. The Balaban J connectivity index is 2.93. The largest absolute Gasteiger partial charge is 0.481 e. The zero-order chi connectivity index (χ0) is 12.0. The van der Waals surface area contributed by atoms with E-state index in [1.54, 1.807) is 12.1 Å². The Hall–Kier alpha value is -1.32. The number of benzene rings is 1. The number of carbonyl (C=O) groups is 1. The van der Waals surface area contributed by atoms with Crippen molar-refractivity contribution in [2.45, 2.75) is 6.42 Å². The van der Waals surface area contributed by atoms with Crippen molar-refractivity contribution in [3.63, 3.8) is 0 Å². The van der Waals surface area contributed by atoms with Gasteiger partial charge in [-0.15, -0.1) is 0 Å². The smallest absolute Gasteiger partial charge is 0.307 e. The van der Waals surface area contributed by atoms with Gasteiger partial charge in [0.25, 0.3) is 0 Å². The summed E-state index contributed by atoms with van der Waals surface area (Å²) in [4.78, 5) is 10.7. The third kappa shape index (κ3) is 4.04. The van der Waals surface area contributed by atoms with Crippen LogP contribution in [0.25, 0.3) is 6.08 Å². The van der Waals surface area contributed by atoms with Crippen LogP contribution in [0.5, 0.6) is 0 Å². The fourth-order valence-electron chi connectivity index (χ4n) is 1.36. The van der Waals surface area contributed by atoms with E-state index in [1.165, 1.54) is 0 Å². The lowest BCUT2D eigenvalue weighted by Crippen LogP contribution is -2.04. The number of nitrogens with one attached hydrogen (secondary N) is 1. The Morgan fingerprint density at radius 2 is 2.31 bits per heavy atom. The first-order valence-corrected chi connectivity index (χ1v) is 5.32. The van der Waals surface area contributed by atoms with E-state index in [0.717, 1.165) is 17.7 Å². The molecule has 1 rings (SSSR count). The van der Waals surface area contributed by atoms with Gasteiger partial charge in [0, 0.05) is 11.6 Å². The number of likely N-dealkylation sites (N-methyl/N-ethyl adjacent to an activating group) is 1. The van der Waals surface area contributed by atoms with Crippen LogP contribution in [-0.2, 0) is 11.2 Å². The number of aliphatic carboxylic acids is 1. The van der Waals surface area contributed by atoms with Crippen molar-refractivity contribution in [3.05, 3.63) is 40.4 Å². The van der Waals surface area contributed by atoms with Crippen LogP contribution >= 0.6 is 11.6 Å². The number of hydrogen-bond acceptors (Lipinski definition) is 2. The zero-order valence-electron chi connectivity index (χ0n) is 9.03. The van der Waals surface area contributed by atoms with Crippen LogP contribution in [0.3, 0.4) is 0 Å². The second-order valence-electron chi connectivity index (χ2n) is 3.37. The Bertz CT molecular complexity index is 402. The lowest BCUT2D eigenvalue weighted by atomic mass is 10.0. The highest BCUT2D eigenvalue weighted by atomic mass is 35.5. The molecule has 0 unspecified atom stereocenters. The first kappa shape index (κ1) is 12.7. The highest BCUT2D eigenvalue weighted by molar-refractivity contribution is 6.30. The van der Waals surface area contributed by atoms with Crippen molar-refractivity contribution >= 4 is 23.6 Å². The molecule has 2 N–H and O–H groups in total. The minimum atomic E-state index is -0.856. The molecule has 86 valence electrons. The van der Waals surface area contributed by atoms with E-state index >= 15 is 0 Å². The maximum absolute atomic E-state index is 10.7. The van der Waals surface area contributed by atoms with Crippen molar-refractivity contribution in [3.8, 4) is 0 Å². The number of hydrogen-bond donors (Lipinski definition) is 2. The van der Waals surface area contributed by atoms with Gasteiger partial charge in [0.05, 0.1) is 6.42 Å². The summed E-state index contributed by atoms with van der Waals surface area (Å²) in [6, 6.07) is 5.27. The van der Waals surface area contributed by atoms with Crippen LogP contribution in [-0.4, -0.2) is 24.7 Å². The van der Waals surface area contributed by atoms with Crippen LogP contribution in [0.1, 0.15) is 11.1 Å². The molecule has 0 heterocycles. The van der Waals surface area contributed by atoms with Crippen molar-refractivity contribution in [2.75, 3.05) is 13.6 Å². The van der Waals surface area contributed by atoms with E-state index in [4.69, 9.17) is 16.7 Å². The molecule has 0 fully saturated rings. The lowest BCUT2D eigenvalue weighted by molar-refractivity contribution is -0.136. The highest BCUT2D eigenvalue weighted by Crippen LogP contribution is 2.18. The van der Waals surface area contributed by atoms with Gasteiger partial charge in [-0.1, -0.05) is 29.8 Å². The standard InChI is InChI=1S/C12H14ClNO2/c1-14-6-2-3-9-4-5-11(13)7-10(9)8-12(15)16/h2-5,7,14H,6,8H2,1H3,(H,15,16). The van der Waals surface area contributed by atoms with Gasteiger partial charge in [-0.3, -0.25) is 4.79 Å². The Morgan fingerprint density at radius 1 is 1.56 bits per heavy atom. The van der Waals surface area contributed by atoms with E-state index < -0.39 is 5.97 Å². The van der Waals surface area contributed by atoms with E-state index in [2.05, 4.69) is 5.32 Å². The van der Waals surface area contributed by atoms with Gasteiger partial charge in [0.1, 0.15) is 0 Å². The van der Waals surface area contributed by atoms with E-state index in [9.17, 15) is 4.79 Å². The summed E-state index contributed by atoms with van der Waals surface area (Å²) >= 11 is 5.83. The third-order valence-corrected chi connectivity index (χ3v) is 2.30. The fraction of sp³-hybridized carbons (Fsp3) is 0.250. The van der Waals surface area contributed by atoms with Gasteiger partial charge < -0.3 is 10.4 Å². The van der Waals surface area contributed by atoms with Crippen LogP contribution in [0, 0.1) is 0 Å². The average Bonchev–Trinajstić information content (AvgIpc) is 2.20. The summed E-state index contributed by atoms with van der Waals surface area (Å²) in [6.45, 7) is 0.745. The minimum Gasteiger partial charge on any atom is -0.481 e. The van der Waals surface area contributed by atoms with Gasteiger partial charge in [-0.05, 0) is 30.3 Å². The van der Waals surface area contributed by atoms with Gasteiger partial charge in [0.2, 0.25) is 0 Å². The summed E-state index contributed by atoms with van der Waals surface area (Å²) in [6.07, 6.45) is 3.82. The van der Waals surface area contributed by atoms with Crippen molar-refractivity contribution in [1.29, 1.82) is 0 Å². The fourth-order valence-corrected chi connectivity index (χ4v) is 1.55. The Morgan fingerprint density at radius 3 is 2.94 bits per heavy atom. The molecule has 0 radical (unpaired) electrons. The molecule has 0 saturated carbocycles. The maximum Gasteiger partial charge on any atom is 0.307 e. The Kier molecular flexibility index (Phi) is 5.02. The second-order valence-corrected chi connectivity index (χ2v) is 3.81. The maximum atomic E-state index is 10.7. The molecule has 0 aromatic heterocycles. The molecule has 1 aromatic rings. The molecule has 0 atom stereocenters. The summed E-state index contributed by atoms with van der Waals surface area (Å²) in [5.74, 6) is -0.856. The quantitative estimate of drug-likeness (QED) is 0.828. The lowest BCUT2D eigenvalue weighted by Gasteiger charge is -2.04. The predicted molar refractivity (Wildman–Crippen MR) is 65.8 cm³/mol. The van der Waals surface area contributed by atoms with E-state index in [1.807, 2.05) is 25.3 Å². The molecule has 3 nitrogen and oxygen atoms in total. The molecular weight excluding hydrogens is 226 g/mol. The van der Waals surface area contributed by atoms with Crippen LogP contribution < -0.4 is 5.32 Å².